The number of rotatable bonds is 5. The van der Waals surface area contributed by atoms with Gasteiger partial charge in [0.05, 0.1) is 5.69 Å². The molecule has 0 aliphatic heterocycles. The van der Waals surface area contributed by atoms with E-state index < -0.39 is 10.0 Å². The van der Waals surface area contributed by atoms with Crippen LogP contribution in [0.15, 0.2) is 53.4 Å². The van der Waals surface area contributed by atoms with E-state index in [1.165, 1.54) is 18.2 Å². The van der Waals surface area contributed by atoms with Crippen molar-refractivity contribution in [1.82, 2.24) is 4.72 Å². The van der Waals surface area contributed by atoms with Crippen LogP contribution in [0.2, 0.25) is 5.02 Å². The fraction of sp³-hybridized carbons (Fsp3) is 0.143. The summed E-state index contributed by atoms with van der Waals surface area (Å²) in [6.07, 6.45) is 0.619. The lowest BCUT2D eigenvalue weighted by Crippen LogP contribution is -2.26. The molecule has 4 nitrogen and oxygen atoms in total. The molecule has 0 saturated carbocycles. The molecule has 3 N–H and O–H groups in total. The molecule has 0 aliphatic carbocycles. The summed E-state index contributed by atoms with van der Waals surface area (Å²) in [6.45, 7) is 0.314. The molecule has 2 aromatic rings. The highest BCUT2D eigenvalue weighted by molar-refractivity contribution is 7.89. The first kappa shape index (κ1) is 14.8. The maximum absolute atomic E-state index is 12.1. The molecule has 0 radical (unpaired) electrons. The fourth-order valence-electron chi connectivity index (χ4n) is 1.82. The van der Waals surface area contributed by atoms with Gasteiger partial charge in [0.15, 0.2) is 0 Å². The summed E-state index contributed by atoms with van der Waals surface area (Å²) in [7, 11) is -3.61. The molecule has 0 aliphatic rings. The maximum atomic E-state index is 12.1. The molecule has 0 saturated heterocycles. The van der Waals surface area contributed by atoms with Crippen molar-refractivity contribution in [1.29, 1.82) is 0 Å². The Kier molecular flexibility index (Phi) is 4.65. The van der Waals surface area contributed by atoms with Gasteiger partial charge >= 0.3 is 0 Å². The van der Waals surface area contributed by atoms with Crippen molar-refractivity contribution in [2.24, 2.45) is 0 Å². The molecule has 0 fully saturated rings. The van der Waals surface area contributed by atoms with Gasteiger partial charge in [0.2, 0.25) is 10.0 Å². The highest BCUT2D eigenvalue weighted by Gasteiger charge is 2.16. The second-order valence-corrected chi connectivity index (χ2v) is 6.49. The molecule has 6 heteroatoms. The Bertz CT molecular complexity index is 688. The van der Waals surface area contributed by atoms with Gasteiger partial charge in [-0.25, -0.2) is 13.1 Å². The Hall–Kier alpha value is -1.56. The van der Waals surface area contributed by atoms with E-state index in [1.807, 2.05) is 30.3 Å². The van der Waals surface area contributed by atoms with E-state index in [0.29, 0.717) is 18.0 Å². The SMILES string of the molecule is Nc1cc(Cl)ccc1S(=O)(=O)NCCc1ccccc1. The smallest absolute Gasteiger partial charge is 0.242 e. The lowest BCUT2D eigenvalue weighted by molar-refractivity contribution is 0.582. The van der Waals surface area contributed by atoms with Crippen LogP contribution >= 0.6 is 11.6 Å². The number of anilines is 1. The molecule has 0 spiro atoms. The predicted molar refractivity (Wildman–Crippen MR) is 81.2 cm³/mol. The van der Waals surface area contributed by atoms with Gasteiger partial charge in [0.1, 0.15) is 4.90 Å². The average Bonchev–Trinajstić information content (AvgIpc) is 2.39. The molecule has 0 bridgehead atoms. The summed E-state index contributed by atoms with van der Waals surface area (Å²) in [5.74, 6) is 0. The van der Waals surface area contributed by atoms with E-state index in [9.17, 15) is 8.42 Å². The van der Waals surface area contributed by atoms with Gasteiger partial charge in [0, 0.05) is 11.6 Å². The van der Waals surface area contributed by atoms with Crippen molar-refractivity contribution in [2.75, 3.05) is 12.3 Å². The van der Waals surface area contributed by atoms with Crippen molar-refractivity contribution < 1.29 is 8.42 Å². The van der Waals surface area contributed by atoms with Crippen LogP contribution in [0, 0.1) is 0 Å². The molecule has 2 rings (SSSR count). The molecule has 106 valence electrons. The van der Waals surface area contributed by atoms with Crippen molar-refractivity contribution in [3.8, 4) is 0 Å². The molecule has 0 unspecified atom stereocenters. The number of hydrogen-bond acceptors (Lipinski definition) is 3. The zero-order chi connectivity index (χ0) is 14.6. The second-order valence-electron chi connectivity index (χ2n) is 4.32. The number of nitrogens with two attached hydrogens (primary N) is 1. The summed E-state index contributed by atoms with van der Waals surface area (Å²) in [6, 6.07) is 14.0. The third-order valence-electron chi connectivity index (χ3n) is 2.81. The van der Waals surface area contributed by atoms with Gasteiger partial charge in [-0.2, -0.15) is 0 Å². The number of halogens is 1. The van der Waals surface area contributed by atoms with Crippen LogP contribution in [0.25, 0.3) is 0 Å². The highest BCUT2D eigenvalue weighted by atomic mass is 35.5. The van der Waals surface area contributed by atoms with Gasteiger partial charge in [-0.15, -0.1) is 0 Å². The standard InChI is InChI=1S/C14H15ClN2O2S/c15-12-6-7-14(13(16)10-12)20(18,19)17-9-8-11-4-2-1-3-5-11/h1-7,10,17H,8-9,16H2. The molecular weight excluding hydrogens is 296 g/mol. The van der Waals surface area contributed by atoms with Crippen LogP contribution in [-0.4, -0.2) is 15.0 Å². The van der Waals surface area contributed by atoms with Crippen molar-refractivity contribution in [3.05, 3.63) is 59.1 Å². The zero-order valence-electron chi connectivity index (χ0n) is 10.7. The fourth-order valence-corrected chi connectivity index (χ4v) is 3.14. The van der Waals surface area contributed by atoms with Crippen molar-refractivity contribution in [3.63, 3.8) is 0 Å². The largest absolute Gasteiger partial charge is 0.398 e. The Balaban J connectivity index is 2.04. The summed E-state index contributed by atoms with van der Waals surface area (Å²) < 4.78 is 26.8. The van der Waals surface area contributed by atoms with Gasteiger partial charge in [0.25, 0.3) is 0 Å². The van der Waals surface area contributed by atoms with Gasteiger partial charge in [-0.1, -0.05) is 41.9 Å². The molecular formula is C14H15ClN2O2S. The van der Waals surface area contributed by atoms with E-state index >= 15 is 0 Å². The number of nitrogen functional groups attached to an aromatic ring is 1. The quantitative estimate of drug-likeness (QED) is 0.833. The first-order valence-electron chi connectivity index (χ1n) is 6.08. The third kappa shape index (κ3) is 3.72. The van der Waals surface area contributed by atoms with Crippen molar-refractivity contribution in [2.45, 2.75) is 11.3 Å². The zero-order valence-corrected chi connectivity index (χ0v) is 12.3. The Morgan fingerprint density at radius 3 is 2.45 bits per heavy atom. The Morgan fingerprint density at radius 1 is 1.10 bits per heavy atom. The van der Waals surface area contributed by atoms with Crippen LogP contribution in [0.1, 0.15) is 5.56 Å². The topological polar surface area (TPSA) is 72.2 Å². The first-order valence-corrected chi connectivity index (χ1v) is 7.94. The lowest BCUT2D eigenvalue weighted by atomic mass is 10.2. The lowest BCUT2D eigenvalue weighted by Gasteiger charge is -2.09. The maximum Gasteiger partial charge on any atom is 0.242 e. The minimum Gasteiger partial charge on any atom is -0.398 e. The summed E-state index contributed by atoms with van der Waals surface area (Å²) >= 11 is 5.76. The molecule has 0 heterocycles. The van der Waals surface area contributed by atoms with E-state index in [2.05, 4.69) is 4.72 Å². The normalized spacial score (nSPS) is 11.4. The third-order valence-corrected chi connectivity index (χ3v) is 4.58. The van der Waals surface area contributed by atoms with Crippen LogP contribution in [0.5, 0.6) is 0 Å². The summed E-state index contributed by atoms with van der Waals surface area (Å²) in [4.78, 5) is 0.0509. The Labute approximate surface area is 123 Å². The minimum absolute atomic E-state index is 0.0509. The van der Waals surface area contributed by atoms with Crippen LogP contribution in [-0.2, 0) is 16.4 Å². The number of benzene rings is 2. The van der Waals surface area contributed by atoms with Crippen LogP contribution in [0.4, 0.5) is 5.69 Å². The molecule has 0 atom stereocenters. The summed E-state index contributed by atoms with van der Waals surface area (Å²) in [5, 5.41) is 0.408. The molecule has 0 aromatic heterocycles. The number of sulfonamides is 1. The highest BCUT2D eigenvalue weighted by Crippen LogP contribution is 2.22. The minimum atomic E-state index is -3.61. The van der Waals surface area contributed by atoms with Crippen LogP contribution in [0.3, 0.4) is 0 Å². The van der Waals surface area contributed by atoms with Gasteiger partial charge < -0.3 is 5.73 Å². The van der Waals surface area contributed by atoms with E-state index in [-0.39, 0.29) is 10.6 Å². The van der Waals surface area contributed by atoms with E-state index in [4.69, 9.17) is 17.3 Å². The van der Waals surface area contributed by atoms with E-state index in [0.717, 1.165) is 5.56 Å². The Morgan fingerprint density at radius 2 is 1.80 bits per heavy atom. The van der Waals surface area contributed by atoms with Gasteiger partial charge in [-0.3, -0.25) is 0 Å². The molecule has 20 heavy (non-hydrogen) atoms. The number of nitrogens with one attached hydrogen (secondary N) is 1. The molecule has 2 aromatic carbocycles. The van der Waals surface area contributed by atoms with Crippen molar-refractivity contribution >= 4 is 27.3 Å². The molecule has 0 amide bonds. The van der Waals surface area contributed by atoms with E-state index in [1.54, 1.807) is 0 Å². The predicted octanol–water partition coefficient (Wildman–Crippen LogP) is 2.44. The summed E-state index contributed by atoms with van der Waals surface area (Å²) in [5.41, 5.74) is 6.90. The van der Waals surface area contributed by atoms with Gasteiger partial charge in [-0.05, 0) is 30.2 Å². The first-order chi connectivity index (χ1) is 9.49. The average molecular weight is 311 g/mol. The number of hydrogen-bond donors (Lipinski definition) is 2. The van der Waals surface area contributed by atoms with Crippen LogP contribution < -0.4 is 10.5 Å². The monoisotopic (exact) mass is 310 g/mol. The second kappa shape index (κ2) is 6.26.